The van der Waals surface area contributed by atoms with Gasteiger partial charge in [-0.2, -0.15) is 0 Å². The lowest BCUT2D eigenvalue weighted by atomic mass is 10.1. The number of aromatic nitrogens is 2. The van der Waals surface area contributed by atoms with Crippen LogP contribution in [0, 0.1) is 5.82 Å². The predicted molar refractivity (Wildman–Crippen MR) is 64.7 cm³/mol. The topological polar surface area (TPSA) is 35.0 Å². The van der Waals surface area contributed by atoms with Crippen molar-refractivity contribution in [3.05, 3.63) is 29.7 Å². The van der Waals surface area contributed by atoms with Gasteiger partial charge >= 0.3 is 0 Å². The molecule has 2 heterocycles. The average molecular weight is 234 g/mol. The molecule has 0 saturated carbocycles. The largest absolute Gasteiger partial charge is 0.478 e. The molecule has 0 amide bonds. The third-order valence-corrected chi connectivity index (χ3v) is 2.55. The molecule has 0 aliphatic heterocycles. The molecule has 2 rings (SSSR count). The van der Waals surface area contributed by atoms with Crippen molar-refractivity contribution >= 4 is 11.0 Å². The summed E-state index contributed by atoms with van der Waals surface area (Å²) in [7, 11) is 0. The first-order valence-electron chi connectivity index (χ1n) is 5.83. The molecule has 3 nitrogen and oxygen atoms in total. The third-order valence-electron chi connectivity index (χ3n) is 2.55. The number of hydrogen-bond acceptors (Lipinski definition) is 3. The molecule has 0 atom stereocenters. The van der Waals surface area contributed by atoms with Crippen LogP contribution in [0.15, 0.2) is 18.3 Å². The molecule has 0 aromatic carbocycles. The van der Waals surface area contributed by atoms with Crippen LogP contribution in [-0.4, -0.2) is 16.6 Å². The van der Waals surface area contributed by atoms with E-state index in [2.05, 4.69) is 9.97 Å². The van der Waals surface area contributed by atoms with Crippen LogP contribution >= 0.6 is 0 Å². The smallest absolute Gasteiger partial charge is 0.213 e. The zero-order valence-corrected chi connectivity index (χ0v) is 10.0. The quantitative estimate of drug-likeness (QED) is 0.815. The van der Waals surface area contributed by atoms with Gasteiger partial charge in [0.25, 0.3) is 0 Å². The average Bonchev–Trinajstić information content (AvgIpc) is 2.36. The molecule has 0 saturated heterocycles. The number of halogens is 1. The van der Waals surface area contributed by atoms with E-state index >= 15 is 0 Å². The van der Waals surface area contributed by atoms with E-state index < -0.39 is 0 Å². The number of rotatable bonds is 4. The second kappa shape index (κ2) is 5.08. The highest BCUT2D eigenvalue weighted by atomic mass is 19.1. The Bertz CT molecular complexity index is 528. The predicted octanol–water partition coefficient (Wildman–Crippen LogP) is 3.12. The molecule has 0 aliphatic carbocycles. The maximum Gasteiger partial charge on any atom is 0.213 e. The normalized spacial score (nSPS) is 10.8. The van der Waals surface area contributed by atoms with Gasteiger partial charge in [-0.25, -0.2) is 9.37 Å². The molecule has 0 aliphatic rings. The van der Waals surface area contributed by atoms with E-state index in [1.54, 1.807) is 6.07 Å². The molecule has 0 N–H and O–H groups in total. The van der Waals surface area contributed by atoms with Crippen LogP contribution in [0.4, 0.5) is 4.39 Å². The van der Waals surface area contributed by atoms with Gasteiger partial charge in [-0.3, -0.25) is 4.98 Å². The Morgan fingerprint density at radius 1 is 1.29 bits per heavy atom. The lowest BCUT2D eigenvalue weighted by molar-refractivity contribution is 0.306. The van der Waals surface area contributed by atoms with E-state index in [-0.39, 0.29) is 5.82 Å². The fourth-order valence-corrected chi connectivity index (χ4v) is 1.70. The van der Waals surface area contributed by atoms with Crippen LogP contribution in [-0.2, 0) is 6.42 Å². The minimum absolute atomic E-state index is 0.305. The first-order valence-corrected chi connectivity index (χ1v) is 5.83. The van der Waals surface area contributed by atoms with Gasteiger partial charge in [-0.05, 0) is 18.9 Å². The molecule has 0 unspecified atom stereocenters. The van der Waals surface area contributed by atoms with Crippen LogP contribution in [0.5, 0.6) is 5.88 Å². The molecular formula is C13H15FN2O. The lowest BCUT2D eigenvalue weighted by Gasteiger charge is -2.07. The molecule has 17 heavy (non-hydrogen) atoms. The Morgan fingerprint density at radius 3 is 2.82 bits per heavy atom. The lowest BCUT2D eigenvalue weighted by Crippen LogP contribution is -2.00. The minimum Gasteiger partial charge on any atom is -0.478 e. The van der Waals surface area contributed by atoms with Crippen molar-refractivity contribution in [1.82, 2.24) is 9.97 Å². The first kappa shape index (κ1) is 11.8. The van der Waals surface area contributed by atoms with Crippen molar-refractivity contribution in [3.63, 3.8) is 0 Å². The molecule has 4 heteroatoms. The summed E-state index contributed by atoms with van der Waals surface area (Å²) in [5, 5.41) is 0. The number of hydrogen-bond donors (Lipinski definition) is 0. The van der Waals surface area contributed by atoms with Gasteiger partial charge < -0.3 is 4.74 Å². The number of nitrogens with zero attached hydrogens (tertiary/aromatic N) is 2. The summed E-state index contributed by atoms with van der Waals surface area (Å²) < 4.78 is 19.0. The summed E-state index contributed by atoms with van der Waals surface area (Å²) in [5.74, 6) is 0.224. The molecule has 0 bridgehead atoms. The Labute approximate surface area is 99.7 Å². The van der Waals surface area contributed by atoms with E-state index in [9.17, 15) is 4.39 Å². The summed E-state index contributed by atoms with van der Waals surface area (Å²) in [5.41, 5.74) is 1.89. The van der Waals surface area contributed by atoms with Crippen molar-refractivity contribution in [1.29, 1.82) is 0 Å². The third kappa shape index (κ3) is 2.35. The second-order valence-electron chi connectivity index (χ2n) is 3.80. The summed E-state index contributed by atoms with van der Waals surface area (Å²) in [6.45, 7) is 4.54. The summed E-state index contributed by atoms with van der Waals surface area (Å²) in [6.07, 6.45) is 2.76. The van der Waals surface area contributed by atoms with Gasteiger partial charge in [0.15, 0.2) is 0 Å². The molecule has 90 valence electrons. The van der Waals surface area contributed by atoms with Crippen LogP contribution in [0.25, 0.3) is 11.0 Å². The van der Waals surface area contributed by atoms with Crippen molar-refractivity contribution < 1.29 is 9.13 Å². The van der Waals surface area contributed by atoms with E-state index in [4.69, 9.17) is 4.74 Å². The summed E-state index contributed by atoms with van der Waals surface area (Å²) >= 11 is 0. The Balaban J connectivity index is 2.50. The Hall–Kier alpha value is -1.71. The standard InChI is InChI=1S/C13H15FN2O/c1-3-7-17-12-6-5-11-13(16-12)9(4-2)10(14)8-15-11/h5-6,8H,3-4,7H2,1-2H3. The second-order valence-corrected chi connectivity index (χ2v) is 3.80. The van der Waals surface area contributed by atoms with Crippen molar-refractivity contribution in [2.45, 2.75) is 26.7 Å². The van der Waals surface area contributed by atoms with Crippen LogP contribution < -0.4 is 4.74 Å². The number of pyridine rings is 2. The van der Waals surface area contributed by atoms with Crippen LogP contribution in [0.1, 0.15) is 25.8 Å². The molecule has 2 aromatic heterocycles. The molecule has 0 radical (unpaired) electrons. The fourth-order valence-electron chi connectivity index (χ4n) is 1.70. The maximum absolute atomic E-state index is 13.6. The monoisotopic (exact) mass is 234 g/mol. The van der Waals surface area contributed by atoms with Crippen molar-refractivity contribution in [2.24, 2.45) is 0 Å². The Kier molecular flexibility index (Phi) is 3.52. The van der Waals surface area contributed by atoms with Gasteiger partial charge in [0, 0.05) is 11.6 Å². The first-order chi connectivity index (χ1) is 8.26. The zero-order valence-electron chi connectivity index (χ0n) is 10.0. The molecular weight excluding hydrogens is 219 g/mol. The van der Waals surface area contributed by atoms with Crippen molar-refractivity contribution in [3.8, 4) is 5.88 Å². The van der Waals surface area contributed by atoms with Crippen LogP contribution in [0.3, 0.4) is 0 Å². The zero-order chi connectivity index (χ0) is 12.3. The van der Waals surface area contributed by atoms with E-state index in [1.807, 2.05) is 19.9 Å². The molecule has 2 aromatic rings. The van der Waals surface area contributed by atoms with Gasteiger partial charge in [0.05, 0.1) is 23.8 Å². The SMILES string of the molecule is CCCOc1ccc2ncc(F)c(CC)c2n1. The Morgan fingerprint density at radius 2 is 2.12 bits per heavy atom. The van der Waals surface area contributed by atoms with Gasteiger partial charge in [0.1, 0.15) is 5.82 Å². The van der Waals surface area contributed by atoms with Crippen molar-refractivity contribution in [2.75, 3.05) is 6.61 Å². The van der Waals surface area contributed by atoms with E-state index in [0.29, 0.717) is 35.5 Å². The highest BCUT2D eigenvalue weighted by molar-refractivity contribution is 5.78. The van der Waals surface area contributed by atoms with Crippen LogP contribution in [0.2, 0.25) is 0 Å². The minimum atomic E-state index is -0.305. The highest BCUT2D eigenvalue weighted by Crippen LogP contribution is 2.21. The molecule has 0 spiro atoms. The highest BCUT2D eigenvalue weighted by Gasteiger charge is 2.09. The van der Waals surface area contributed by atoms with Gasteiger partial charge in [-0.1, -0.05) is 13.8 Å². The summed E-state index contributed by atoms with van der Waals surface area (Å²) in [6, 6.07) is 3.58. The number of aryl methyl sites for hydroxylation is 1. The molecule has 0 fully saturated rings. The number of ether oxygens (including phenoxy) is 1. The van der Waals surface area contributed by atoms with Gasteiger partial charge in [-0.15, -0.1) is 0 Å². The fraction of sp³-hybridized carbons (Fsp3) is 0.385. The maximum atomic E-state index is 13.6. The van der Waals surface area contributed by atoms with Gasteiger partial charge in [0.2, 0.25) is 5.88 Å². The number of fused-ring (bicyclic) bond motifs is 1. The van der Waals surface area contributed by atoms with E-state index in [1.165, 1.54) is 6.20 Å². The summed E-state index contributed by atoms with van der Waals surface area (Å²) in [4.78, 5) is 8.34. The van der Waals surface area contributed by atoms with E-state index in [0.717, 1.165) is 6.42 Å².